The number of furan rings is 2. The minimum absolute atomic E-state index is 0.00108. The van der Waals surface area contributed by atoms with Gasteiger partial charge in [0, 0.05) is 11.6 Å². The zero-order valence-corrected chi connectivity index (χ0v) is 14.2. The Kier molecular flexibility index (Phi) is 5.51. The van der Waals surface area contributed by atoms with Crippen molar-refractivity contribution in [3.05, 3.63) is 72.1 Å². The molecule has 0 aliphatic carbocycles. The third-order valence-electron chi connectivity index (χ3n) is 3.22. The van der Waals surface area contributed by atoms with E-state index >= 15 is 0 Å². The highest BCUT2D eigenvalue weighted by atomic mass is 16.6. The van der Waals surface area contributed by atoms with Gasteiger partial charge in [-0.25, -0.2) is 19.8 Å². The van der Waals surface area contributed by atoms with Crippen LogP contribution in [0.4, 0.5) is 4.79 Å². The molecule has 2 heterocycles. The lowest BCUT2D eigenvalue weighted by Gasteiger charge is -2.09. The Hall–Kier alpha value is -4.34. The monoisotopic (exact) mass is 383 g/mol. The molecule has 3 aromatic rings. The zero-order valence-electron chi connectivity index (χ0n) is 14.2. The number of nitrogens with one attached hydrogen (secondary N) is 1. The molecule has 0 atom stereocenters. The average Bonchev–Trinajstić information content (AvgIpc) is 3.37. The molecule has 28 heavy (non-hydrogen) atoms. The molecule has 10 heteroatoms. The van der Waals surface area contributed by atoms with Gasteiger partial charge in [0.15, 0.2) is 0 Å². The van der Waals surface area contributed by atoms with Crippen LogP contribution in [0.25, 0.3) is 0 Å². The molecule has 3 rings (SSSR count). The maximum absolute atomic E-state index is 12.2. The Balaban J connectivity index is 1.84. The SMILES string of the molecule is NC(=O)NN=Cc1ccc(OC(=O)c2ccco2)cc1OC(=O)c1ccco1. The van der Waals surface area contributed by atoms with E-state index in [-0.39, 0.29) is 23.0 Å². The molecule has 0 aliphatic heterocycles. The van der Waals surface area contributed by atoms with Crippen molar-refractivity contribution in [2.45, 2.75) is 0 Å². The van der Waals surface area contributed by atoms with Gasteiger partial charge in [-0.1, -0.05) is 0 Å². The predicted molar refractivity (Wildman–Crippen MR) is 94.1 cm³/mol. The van der Waals surface area contributed by atoms with Crippen LogP contribution in [0.5, 0.6) is 11.5 Å². The second-order valence-electron chi connectivity index (χ2n) is 5.17. The van der Waals surface area contributed by atoms with Crippen LogP contribution >= 0.6 is 0 Å². The summed E-state index contributed by atoms with van der Waals surface area (Å²) in [6.07, 6.45) is 3.85. The molecule has 0 aliphatic rings. The normalized spacial score (nSPS) is 10.6. The van der Waals surface area contributed by atoms with E-state index in [0.717, 1.165) is 0 Å². The summed E-state index contributed by atoms with van der Waals surface area (Å²) >= 11 is 0. The molecule has 10 nitrogen and oxygen atoms in total. The average molecular weight is 383 g/mol. The summed E-state index contributed by atoms with van der Waals surface area (Å²) < 4.78 is 20.4. The van der Waals surface area contributed by atoms with Crippen LogP contribution in [0.15, 0.2) is 68.9 Å². The molecule has 0 unspecified atom stereocenters. The second kappa shape index (κ2) is 8.36. The largest absolute Gasteiger partial charge is 0.457 e. The number of hydrogen-bond donors (Lipinski definition) is 2. The Morgan fingerprint density at radius 2 is 1.61 bits per heavy atom. The molecule has 0 saturated heterocycles. The van der Waals surface area contributed by atoms with E-state index in [1.165, 1.54) is 55.1 Å². The number of carbonyl (C=O) groups excluding carboxylic acids is 3. The molecule has 2 aromatic heterocycles. The highest BCUT2D eigenvalue weighted by molar-refractivity contribution is 5.92. The van der Waals surface area contributed by atoms with Crippen molar-refractivity contribution in [1.82, 2.24) is 5.43 Å². The van der Waals surface area contributed by atoms with Gasteiger partial charge in [0.2, 0.25) is 11.5 Å². The standard InChI is InChI=1S/C18H13N3O7/c19-18(24)21-20-10-11-5-6-12(27-16(22)13-3-1-7-25-13)9-15(11)28-17(23)14-4-2-8-26-14/h1-10H,(H3,19,21,24). The first kappa shape index (κ1) is 18.5. The van der Waals surface area contributed by atoms with E-state index in [2.05, 4.69) is 5.10 Å². The van der Waals surface area contributed by atoms with Gasteiger partial charge in [-0.3, -0.25) is 0 Å². The van der Waals surface area contributed by atoms with Crippen molar-refractivity contribution >= 4 is 24.2 Å². The Bertz CT molecular complexity index is 1010. The van der Waals surface area contributed by atoms with Crippen molar-refractivity contribution in [1.29, 1.82) is 0 Å². The lowest BCUT2D eigenvalue weighted by molar-refractivity contribution is 0.0698. The number of carbonyl (C=O) groups is 3. The molecular formula is C18H13N3O7. The van der Waals surface area contributed by atoms with Gasteiger partial charge < -0.3 is 24.0 Å². The first-order valence-electron chi connectivity index (χ1n) is 7.77. The molecule has 0 bridgehead atoms. The van der Waals surface area contributed by atoms with Crippen molar-refractivity contribution in [2.75, 3.05) is 0 Å². The molecule has 0 radical (unpaired) electrons. The molecule has 2 amide bonds. The summed E-state index contributed by atoms with van der Waals surface area (Å²) in [5.74, 6) is -1.45. The fourth-order valence-corrected chi connectivity index (χ4v) is 2.04. The maximum atomic E-state index is 12.2. The summed E-state index contributed by atoms with van der Waals surface area (Å²) in [5.41, 5.74) is 7.25. The molecule has 142 valence electrons. The Labute approximate surface area is 157 Å². The Morgan fingerprint density at radius 3 is 2.18 bits per heavy atom. The smallest absolute Gasteiger partial charge is 0.379 e. The van der Waals surface area contributed by atoms with E-state index < -0.39 is 18.0 Å². The summed E-state index contributed by atoms with van der Waals surface area (Å²) in [6.45, 7) is 0. The molecular weight excluding hydrogens is 370 g/mol. The summed E-state index contributed by atoms with van der Waals surface area (Å²) in [6, 6.07) is 9.26. The van der Waals surface area contributed by atoms with Crippen LogP contribution in [0.1, 0.15) is 26.7 Å². The fraction of sp³-hybridized carbons (Fsp3) is 0. The topological polar surface area (TPSA) is 146 Å². The van der Waals surface area contributed by atoms with Gasteiger partial charge in [-0.2, -0.15) is 5.10 Å². The van der Waals surface area contributed by atoms with Crippen molar-refractivity contribution in [2.24, 2.45) is 10.8 Å². The van der Waals surface area contributed by atoms with E-state index in [0.29, 0.717) is 5.56 Å². The number of esters is 2. The fourth-order valence-electron chi connectivity index (χ4n) is 2.04. The number of amides is 2. The number of benzene rings is 1. The number of rotatable bonds is 6. The number of hydrogen-bond acceptors (Lipinski definition) is 8. The van der Waals surface area contributed by atoms with Crippen LogP contribution in [0.3, 0.4) is 0 Å². The van der Waals surface area contributed by atoms with E-state index in [1.807, 2.05) is 5.43 Å². The first-order valence-corrected chi connectivity index (χ1v) is 7.77. The lowest BCUT2D eigenvalue weighted by Crippen LogP contribution is -2.24. The second-order valence-corrected chi connectivity index (χ2v) is 5.17. The molecule has 3 N–H and O–H groups in total. The van der Waals surface area contributed by atoms with Gasteiger partial charge in [-0.05, 0) is 36.4 Å². The number of hydrazone groups is 1. The van der Waals surface area contributed by atoms with Gasteiger partial charge in [0.1, 0.15) is 11.5 Å². The minimum Gasteiger partial charge on any atom is -0.457 e. The number of urea groups is 1. The van der Waals surface area contributed by atoms with E-state index in [9.17, 15) is 14.4 Å². The van der Waals surface area contributed by atoms with Crippen LogP contribution in [0, 0.1) is 0 Å². The van der Waals surface area contributed by atoms with Crippen LogP contribution in [-0.4, -0.2) is 24.2 Å². The number of nitrogens with two attached hydrogens (primary N) is 1. The van der Waals surface area contributed by atoms with Crippen LogP contribution in [0.2, 0.25) is 0 Å². The highest BCUT2D eigenvalue weighted by Crippen LogP contribution is 2.26. The van der Waals surface area contributed by atoms with Gasteiger partial charge in [-0.15, -0.1) is 0 Å². The number of ether oxygens (including phenoxy) is 2. The Morgan fingerprint density at radius 1 is 0.964 bits per heavy atom. The predicted octanol–water partition coefficient (Wildman–Crippen LogP) is 2.31. The van der Waals surface area contributed by atoms with Gasteiger partial charge in [0.25, 0.3) is 0 Å². The minimum atomic E-state index is -0.866. The van der Waals surface area contributed by atoms with E-state index in [1.54, 1.807) is 6.07 Å². The quantitative estimate of drug-likeness (QED) is 0.287. The van der Waals surface area contributed by atoms with Crippen LogP contribution < -0.4 is 20.6 Å². The van der Waals surface area contributed by atoms with E-state index in [4.69, 9.17) is 24.0 Å². The zero-order chi connectivity index (χ0) is 19.9. The van der Waals surface area contributed by atoms with Crippen molar-refractivity contribution < 1.29 is 32.7 Å². The van der Waals surface area contributed by atoms with Crippen molar-refractivity contribution in [3.8, 4) is 11.5 Å². The van der Waals surface area contributed by atoms with Crippen LogP contribution in [-0.2, 0) is 0 Å². The number of nitrogens with zero attached hydrogens (tertiary/aromatic N) is 1. The molecule has 0 saturated carbocycles. The maximum Gasteiger partial charge on any atom is 0.379 e. The van der Waals surface area contributed by atoms with Gasteiger partial charge in [0.05, 0.1) is 18.7 Å². The summed E-state index contributed by atoms with van der Waals surface area (Å²) in [4.78, 5) is 34.9. The third-order valence-corrected chi connectivity index (χ3v) is 3.22. The highest BCUT2D eigenvalue weighted by Gasteiger charge is 2.17. The first-order chi connectivity index (χ1) is 13.5. The third kappa shape index (κ3) is 4.64. The number of primary amides is 1. The summed E-state index contributed by atoms with van der Waals surface area (Å²) in [7, 11) is 0. The van der Waals surface area contributed by atoms with Gasteiger partial charge >= 0.3 is 18.0 Å². The molecule has 0 spiro atoms. The molecule has 1 aromatic carbocycles. The lowest BCUT2D eigenvalue weighted by atomic mass is 10.2. The molecule has 0 fully saturated rings. The summed E-state index contributed by atoms with van der Waals surface area (Å²) in [5, 5.41) is 3.62. The van der Waals surface area contributed by atoms with Crippen molar-refractivity contribution in [3.63, 3.8) is 0 Å².